The predicted molar refractivity (Wildman–Crippen MR) is 204 cm³/mol. The number of nitrogens with two attached hydrogens (primary N) is 1. The molecule has 0 aliphatic carbocycles. The van der Waals surface area contributed by atoms with Crippen molar-refractivity contribution < 1.29 is 9.53 Å². The second-order valence-corrected chi connectivity index (χ2v) is 13.7. The molecule has 0 aliphatic rings. The lowest BCUT2D eigenvalue weighted by Crippen LogP contribution is -2.36. The highest BCUT2D eigenvalue weighted by Crippen LogP contribution is 2.16. The first kappa shape index (κ1) is 44.7. The highest BCUT2D eigenvalue weighted by molar-refractivity contribution is 5.85. The van der Waals surface area contributed by atoms with Crippen LogP contribution in [0.15, 0.2) is 24.3 Å². The van der Waals surface area contributed by atoms with Crippen molar-refractivity contribution in [2.45, 2.75) is 200 Å². The molecule has 0 aromatic heterocycles. The van der Waals surface area contributed by atoms with Crippen molar-refractivity contribution in [3.8, 4) is 5.75 Å². The highest BCUT2D eigenvalue weighted by atomic mass is 35.5. The Hall–Kier alpha value is -1.26. The fraction of sp³-hybridized carbons (Fsp3) is 0.829. The van der Waals surface area contributed by atoms with Gasteiger partial charge in [-0.25, -0.2) is 0 Å². The van der Waals surface area contributed by atoms with Crippen LogP contribution in [0.5, 0.6) is 5.75 Å². The molecule has 0 fully saturated rings. The normalized spacial score (nSPS) is 11.0. The Bertz CT molecular complexity index is 725. The van der Waals surface area contributed by atoms with Gasteiger partial charge in [0.15, 0.2) is 6.61 Å². The summed E-state index contributed by atoms with van der Waals surface area (Å²) in [5, 5.41) is 0. The van der Waals surface area contributed by atoms with Crippen molar-refractivity contribution in [2.24, 2.45) is 5.73 Å². The number of benzene rings is 1. The van der Waals surface area contributed by atoms with Crippen LogP contribution in [0.3, 0.4) is 0 Å². The predicted octanol–water partition coefficient (Wildman–Crippen LogP) is 12.7. The van der Waals surface area contributed by atoms with Crippen molar-refractivity contribution in [3.63, 3.8) is 0 Å². The second-order valence-electron chi connectivity index (χ2n) is 13.7. The van der Waals surface area contributed by atoms with Crippen LogP contribution in [0.2, 0.25) is 0 Å². The number of ether oxygens (including phenoxy) is 1. The summed E-state index contributed by atoms with van der Waals surface area (Å²) in [6, 6.07) is 7.78. The zero-order valence-electron chi connectivity index (χ0n) is 30.7. The molecule has 46 heavy (non-hydrogen) atoms. The van der Waals surface area contributed by atoms with Crippen LogP contribution in [0.25, 0.3) is 0 Å². The smallest absolute Gasteiger partial charge is 0.260 e. The van der Waals surface area contributed by atoms with Gasteiger partial charge in [0.1, 0.15) is 5.75 Å². The molecule has 0 atom stereocenters. The molecule has 1 aromatic carbocycles. The lowest BCUT2D eigenvalue weighted by Gasteiger charge is -2.23. The number of halogens is 1. The minimum atomic E-state index is 0. The van der Waals surface area contributed by atoms with E-state index in [0.29, 0.717) is 6.54 Å². The van der Waals surface area contributed by atoms with E-state index in [9.17, 15) is 4.79 Å². The Morgan fingerprint density at radius 1 is 0.522 bits per heavy atom. The number of hydrogen-bond donors (Lipinski definition) is 1. The monoisotopic (exact) mass is 665 g/mol. The van der Waals surface area contributed by atoms with Gasteiger partial charge < -0.3 is 15.4 Å². The molecule has 0 bridgehead atoms. The van der Waals surface area contributed by atoms with Gasteiger partial charge in [0.2, 0.25) is 0 Å². The van der Waals surface area contributed by atoms with E-state index in [-0.39, 0.29) is 24.9 Å². The first-order chi connectivity index (χ1) is 22.2. The molecular formula is C41H77ClN2O2. The molecule has 0 saturated heterocycles. The minimum absolute atomic E-state index is 0. The van der Waals surface area contributed by atoms with Crippen molar-refractivity contribution in [1.29, 1.82) is 0 Å². The third-order valence-electron chi connectivity index (χ3n) is 9.44. The Labute approximate surface area is 293 Å². The van der Waals surface area contributed by atoms with E-state index in [1.807, 2.05) is 24.3 Å². The van der Waals surface area contributed by atoms with Gasteiger partial charge in [0.05, 0.1) is 0 Å². The summed E-state index contributed by atoms with van der Waals surface area (Å²) in [6.07, 6.45) is 38.0. The molecule has 270 valence electrons. The summed E-state index contributed by atoms with van der Waals surface area (Å²) < 4.78 is 5.86. The van der Waals surface area contributed by atoms with Crippen LogP contribution >= 0.6 is 12.4 Å². The van der Waals surface area contributed by atoms with E-state index in [1.54, 1.807) is 0 Å². The molecule has 5 heteroatoms. The van der Waals surface area contributed by atoms with Crippen LogP contribution < -0.4 is 10.5 Å². The number of carbonyl (C=O) groups excluding carboxylic acids is 1. The van der Waals surface area contributed by atoms with Crippen molar-refractivity contribution in [1.82, 2.24) is 4.90 Å². The first-order valence-corrected chi connectivity index (χ1v) is 19.9. The SMILES string of the molecule is CCCCCCCCCCCCCCCCN(CCCCCCCCCCCCCCCC)C(=O)COc1ccc(CN)cc1.Cl. The third-order valence-corrected chi connectivity index (χ3v) is 9.44. The lowest BCUT2D eigenvalue weighted by molar-refractivity contribution is -0.133. The Balaban J connectivity index is 0.0000202. The zero-order valence-corrected chi connectivity index (χ0v) is 31.5. The van der Waals surface area contributed by atoms with E-state index < -0.39 is 0 Å². The van der Waals surface area contributed by atoms with Gasteiger partial charge in [0, 0.05) is 19.6 Å². The molecule has 1 amide bonds. The standard InChI is InChI=1S/C41H76N2O2.ClH/c1-3-5-7-9-11-13-15-17-19-21-23-25-27-29-35-43(41(44)38-45-40-33-31-39(37-42)32-34-40)36-30-28-26-24-22-20-18-16-14-12-10-8-6-4-2;/h31-34H,3-30,35-38,42H2,1-2H3;1H. The maximum Gasteiger partial charge on any atom is 0.260 e. The van der Waals surface area contributed by atoms with E-state index in [1.165, 1.54) is 167 Å². The molecule has 4 nitrogen and oxygen atoms in total. The van der Waals surface area contributed by atoms with Gasteiger partial charge in [0.25, 0.3) is 5.91 Å². The van der Waals surface area contributed by atoms with Gasteiger partial charge in [-0.2, -0.15) is 0 Å². The number of rotatable bonds is 34. The number of amides is 1. The third kappa shape index (κ3) is 27.8. The van der Waals surface area contributed by atoms with Gasteiger partial charge in [-0.1, -0.05) is 193 Å². The average molecular weight is 666 g/mol. The summed E-state index contributed by atoms with van der Waals surface area (Å²) in [7, 11) is 0. The molecule has 0 heterocycles. The molecule has 1 rings (SSSR count). The second kappa shape index (κ2) is 35.1. The number of hydrogen-bond acceptors (Lipinski definition) is 3. The zero-order chi connectivity index (χ0) is 32.5. The average Bonchev–Trinajstić information content (AvgIpc) is 3.06. The van der Waals surface area contributed by atoms with E-state index >= 15 is 0 Å². The maximum atomic E-state index is 13.2. The van der Waals surface area contributed by atoms with Crippen LogP contribution in [-0.4, -0.2) is 30.5 Å². The summed E-state index contributed by atoms with van der Waals surface area (Å²) in [4.78, 5) is 15.2. The Morgan fingerprint density at radius 3 is 1.13 bits per heavy atom. The molecule has 0 aliphatic heterocycles. The lowest BCUT2D eigenvalue weighted by atomic mass is 10.0. The highest BCUT2D eigenvalue weighted by Gasteiger charge is 2.14. The fourth-order valence-corrected chi connectivity index (χ4v) is 6.31. The Kier molecular flexibility index (Phi) is 34.1. The number of unbranched alkanes of at least 4 members (excludes halogenated alkanes) is 26. The Morgan fingerprint density at radius 2 is 0.826 bits per heavy atom. The summed E-state index contributed by atoms with van der Waals surface area (Å²) in [5.74, 6) is 0.871. The fourth-order valence-electron chi connectivity index (χ4n) is 6.31. The quantitative estimate of drug-likeness (QED) is 0.0746. The van der Waals surface area contributed by atoms with Gasteiger partial charge in [-0.05, 0) is 30.5 Å². The molecule has 0 spiro atoms. The topological polar surface area (TPSA) is 55.6 Å². The molecule has 0 unspecified atom stereocenters. The van der Waals surface area contributed by atoms with Crippen LogP contribution in [-0.2, 0) is 11.3 Å². The van der Waals surface area contributed by atoms with Gasteiger partial charge >= 0.3 is 0 Å². The first-order valence-electron chi connectivity index (χ1n) is 19.9. The van der Waals surface area contributed by atoms with E-state index in [2.05, 4.69) is 18.7 Å². The van der Waals surface area contributed by atoms with Gasteiger partial charge in [-0.15, -0.1) is 12.4 Å². The van der Waals surface area contributed by atoms with E-state index in [0.717, 1.165) is 37.2 Å². The summed E-state index contributed by atoms with van der Waals surface area (Å²) in [5.41, 5.74) is 6.79. The minimum Gasteiger partial charge on any atom is -0.484 e. The molecule has 2 N–H and O–H groups in total. The summed E-state index contributed by atoms with van der Waals surface area (Å²) in [6.45, 7) is 6.95. The van der Waals surface area contributed by atoms with Gasteiger partial charge in [-0.3, -0.25) is 4.79 Å². The van der Waals surface area contributed by atoms with Crippen molar-refractivity contribution in [3.05, 3.63) is 29.8 Å². The largest absolute Gasteiger partial charge is 0.484 e. The number of carbonyl (C=O) groups is 1. The van der Waals surface area contributed by atoms with Crippen LogP contribution in [0.1, 0.15) is 199 Å². The van der Waals surface area contributed by atoms with Crippen molar-refractivity contribution >= 4 is 18.3 Å². The number of nitrogens with zero attached hydrogens (tertiary/aromatic N) is 1. The van der Waals surface area contributed by atoms with Crippen LogP contribution in [0, 0.1) is 0 Å². The molecular weight excluding hydrogens is 588 g/mol. The molecule has 0 saturated carbocycles. The van der Waals surface area contributed by atoms with E-state index in [4.69, 9.17) is 10.5 Å². The van der Waals surface area contributed by atoms with Crippen LogP contribution in [0.4, 0.5) is 0 Å². The summed E-state index contributed by atoms with van der Waals surface area (Å²) >= 11 is 0. The van der Waals surface area contributed by atoms with Crippen molar-refractivity contribution in [2.75, 3.05) is 19.7 Å². The maximum absolute atomic E-state index is 13.2. The molecule has 1 aromatic rings. The molecule has 0 radical (unpaired) electrons.